The van der Waals surface area contributed by atoms with Crippen LogP contribution in [0.5, 0.6) is 0 Å². The Labute approximate surface area is 127 Å². The van der Waals surface area contributed by atoms with Crippen LogP contribution < -0.4 is 5.32 Å². The highest BCUT2D eigenvalue weighted by molar-refractivity contribution is 5.84. The van der Waals surface area contributed by atoms with Crippen molar-refractivity contribution in [2.45, 2.75) is 51.0 Å². The largest absolute Gasteiger partial charge is 0.383 e. The first-order valence-corrected chi connectivity index (χ1v) is 8.15. The zero-order valence-corrected chi connectivity index (χ0v) is 13.3. The molecule has 2 amide bonds. The van der Waals surface area contributed by atoms with E-state index in [1.165, 1.54) is 32.1 Å². The van der Waals surface area contributed by atoms with E-state index in [4.69, 9.17) is 4.74 Å². The van der Waals surface area contributed by atoms with Crippen molar-refractivity contribution in [1.29, 1.82) is 0 Å². The van der Waals surface area contributed by atoms with Gasteiger partial charge in [-0.3, -0.25) is 9.59 Å². The number of nitrogens with one attached hydrogen (secondary N) is 1. The molecular weight excluding hydrogens is 268 g/mol. The molecule has 0 aromatic carbocycles. The fourth-order valence-electron chi connectivity index (χ4n) is 3.57. The molecule has 0 unspecified atom stereocenters. The number of piperidine rings is 1. The van der Waals surface area contributed by atoms with Crippen molar-refractivity contribution >= 4 is 11.8 Å². The lowest BCUT2D eigenvalue weighted by Gasteiger charge is -2.38. The summed E-state index contributed by atoms with van der Waals surface area (Å²) in [5, 5.41) is 3.11. The van der Waals surface area contributed by atoms with E-state index >= 15 is 0 Å². The molecule has 0 bridgehead atoms. The first-order chi connectivity index (χ1) is 10.1. The van der Waals surface area contributed by atoms with E-state index in [0.717, 1.165) is 6.54 Å². The fraction of sp³-hybridized carbons (Fsp3) is 0.875. The first-order valence-electron chi connectivity index (χ1n) is 8.15. The number of likely N-dealkylation sites (tertiary alicyclic amines) is 1. The van der Waals surface area contributed by atoms with Gasteiger partial charge < -0.3 is 15.0 Å². The Bertz CT molecular complexity index is 367. The number of rotatable bonds is 5. The Morgan fingerprint density at radius 1 is 1.29 bits per heavy atom. The van der Waals surface area contributed by atoms with Crippen LogP contribution in [0.4, 0.5) is 0 Å². The number of likely N-dealkylation sites (N-methyl/N-ethyl adjacent to an activating group) is 1. The number of amides is 2. The standard InChI is InChI=1S/C16H28N2O3/c1-18-14(11-21-2)13(8-9-15(18)19)16(20)17-10-12-6-4-3-5-7-12/h12-14H,3-11H2,1-2H3,(H,17,20)/t13-,14-/m1/s1. The minimum atomic E-state index is -0.142. The lowest BCUT2D eigenvalue weighted by Crippen LogP contribution is -2.53. The Morgan fingerprint density at radius 3 is 2.67 bits per heavy atom. The zero-order chi connectivity index (χ0) is 15.2. The normalized spacial score (nSPS) is 27.7. The van der Waals surface area contributed by atoms with Gasteiger partial charge in [-0.25, -0.2) is 0 Å². The van der Waals surface area contributed by atoms with Crippen LogP contribution >= 0.6 is 0 Å². The Morgan fingerprint density at radius 2 is 2.00 bits per heavy atom. The summed E-state index contributed by atoms with van der Waals surface area (Å²) < 4.78 is 5.20. The second-order valence-corrected chi connectivity index (χ2v) is 6.42. The van der Waals surface area contributed by atoms with E-state index in [9.17, 15) is 9.59 Å². The highest BCUT2D eigenvalue weighted by Gasteiger charge is 2.37. The maximum Gasteiger partial charge on any atom is 0.225 e. The molecule has 5 nitrogen and oxygen atoms in total. The SMILES string of the molecule is COC[C@@H]1[C@H](C(=O)NCC2CCCCC2)CCC(=O)N1C. The third kappa shape index (κ3) is 4.19. The highest BCUT2D eigenvalue weighted by atomic mass is 16.5. The van der Waals surface area contributed by atoms with E-state index in [2.05, 4.69) is 5.32 Å². The number of hydrogen-bond acceptors (Lipinski definition) is 3. The van der Waals surface area contributed by atoms with Gasteiger partial charge in [-0.2, -0.15) is 0 Å². The number of carbonyl (C=O) groups is 2. The van der Waals surface area contributed by atoms with Crippen molar-refractivity contribution in [3.05, 3.63) is 0 Å². The van der Waals surface area contributed by atoms with Gasteiger partial charge in [0.05, 0.1) is 18.6 Å². The molecule has 5 heteroatoms. The van der Waals surface area contributed by atoms with Gasteiger partial charge in [0.1, 0.15) is 0 Å². The van der Waals surface area contributed by atoms with Crippen LogP contribution in [-0.2, 0) is 14.3 Å². The van der Waals surface area contributed by atoms with Crippen LogP contribution in [0.3, 0.4) is 0 Å². The molecule has 1 N–H and O–H groups in total. The van der Waals surface area contributed by atoms with Crippen LogP contribution in [0.1, 0.15) is 44.9 Å². The van der Waals surface area contributed by atoms with Crippen LogP contribution in [0.2, 0.25) is 0 Å². The van der Waals surface area contributed by atoms with Crippen LogP contribution in [0.15, 0.2) is 0 Å². The summed E-state index contributed by atoms with van der Waals surface area (Å²) in [6.45, 7) is 1.20. The minimum Gasteiger partial charge on any atom is -0.383 e. The summed E-state index contributed by atoms with van der Waals surface area (Å²) in [6.07, 6.45) is 7.44. The smallest absolute Gasteiger partial charge is 0.225 e. The van der Waals surface area contributed by atoms with Gasteiger partial charge in [0.2, 0.25) is 11.8 Å². The van der Waals surface area contributed by atoms with Crippen LogP contribution in [0, 0.1) is 11.8 Å². The molecule has 2 atom stereocenters. The Balaban J connectivity index is 1.88. The van der Waals surface area contributed by atoms with Gasteiger partial charge in [0, 0.05) is 27.1 Å². The number of ether oxygens (including phenoxy) is 1. The summed E-state index contributed by atoms with van der Waals surface area (Å²) in [6, 6.07) is -0.136. The predicted molar refractivity (Wildman–Crippen MR) is 80.7 cm³/mol. The number of hydrogen-bond donors (Lipinski definition) is 1. The lowest BCUT2D eigenvalue weighted by atomic mass is 9.87. The van der Waals surface area contributed by atoms with Gasteiger partial charge in [-0.05, 0) is 25.2 Å². The van der Waals surface area contributed by atoms with E-state index in [0.29, 0.717) is 25.4 Å². The van der Waals surface area contributed by atoms with Gasteiger partial charge in [-0.1, -0.05) is 19.3 Å². The quantitative estimate of drug-likeness (QED) is 0.837. The molecule has 2 aliphatic rings. The summed E-state index contributed by atoms with van der Waals surface area (Å²) in [5.74, 6) is 0.679. The van der Waals surface area contributed by atoms with Crippen molar-refractivity contribution in [3.8, 4) is 0 Å². The summed E-state index contributed by atoms with van der Waals surface area (Å²) >= 11 is 0. The Kier molecular flexibility index (Phi) is 6.03. The number of nitrogens with zero attached hydrogens (tertiary/aromatic N) is 1. The van der Waals surface area contributed by atoms with Gasteiger partial charge in [0.25, 0.3) is 0 Å². The molecule has 120 valence electrons. The lowest BCUT2D eigenvalue weighted by molar-refractivity contribution is -0.143. The van der Waals surface area contributed by atoms with Crippen molar-refractivity contribution < 1.29 is 14.3 Å². The molecule has 1 aliphatic carbocycles. The molecule has 1 aliphatic heterocycles. The van der Waals surface area contributed by atoms with Crippen molar-refractivity contribution in [3.63, 3.8) is 0 Å². The third-order valence-corrected chi connectivity index (χ3v) is 4.99. The highest BCUT2D eigenvalue weighted by Crippen LogP contribution is 2.25. The van der Waals surface area contributed by atoms with Crippen LogP contribution in [0.25, 0.3) is 0 Å². The average Bonchev–Trinajstić information content (AvgIpc) is 2.51. The topological polar surface area (TPSA) is 58.6 Å². The molecule has 0 radical (unpaired) electrons. The summed E-state index contributed by atoms with van der Waals surface area (Å²) in [4.78, 5) is 25.9. The minimum absolute atomic E-state index is 0.0852. The van der Waals surface area contributed by atoms with E-state index in [1.54, 1.807) is 19.1 Å². The summed E-state index contributed by atoms with van der Waals surface area (Å²) in [7, 11) is 3.39. The number of methoxy groups -OCH3 is 1. The first kappa shape index (κ1) is 16.3. The monoisotopic (exact) mass is 296 g/mol. The molecular formula is C16H28N2O3. The maximum atomic E-state index is 12.5. The van der Waals surface area contributed by atoms with Crippen molar-refractivity contribution in [2.75, 3.05) is 27.3 Å². The predicted octanol–water partition coefficient (Wildman–Crippen LogP) is 1.57. The molecule has 2 fully saturated rings. The maximum absolute atomic E-state index is 12.5. The second-order valence-electron chi connectivity index (χ2n) is 6.42. The molecule has 21 heavy (non-hydrogen) atoms. The average molecular weight is 296 g/mol. The fourth-order valence-corrected chi connectivity index (χ4v) is 3.57. The molecule has 1 saturated carbocycles. The molecule has 1 heterocycles. The van der Waals surface area contributed by atoms with Gasteiger partial charge in [0.15, 0.2) is 0 Å². The second kappa shape index (κ2) is 7.78. The molecule has 2 rings (SSSR count). The summed E-state index contributed by atoms with van der Waals surface area (Å²) in [5.41, 5.74) is 0. The van der Waals surface area contributed by atoms with E-state index in [1.807, 2.05) is 0 Å². The molecule has 0 aromatic heterocycles. The molecule has 0 spiro atoms. The van der Waals surface area contributed by atoms with Crippen molar-refractivity contribution in [2.24, 2.45) is 11.8 Å². The van der Waals surface area contributed by atoms with Gasteiger partial charge in [-0.15, -0.1) is 0 Å². The van der Waals surface area contributed by atoms with Gasteiger partial charge >= 0.3 is 0 Å². The van der Waals surface area contributed by atoms with E-state index < -0.39 is 0 Å². The Hall–Kier alpha value is -1.10. The zero-order valence-electron chi connectivity index (χ0n) is 13.3. The van der Waals surface area contributed by atoms with Crippen LogP contribution in [-0.4, -0.2) is 50.1 Å². The number of carbonyl (C=O) groups excluding carboxylic acids is 2. The molecule has 1 saturated heterocycles. The van der Waals surface area contributed by atoms with E-state index in [-0.39, 0.29) is 23.8 Å². The third-order valence-electron chi connectivity index (χ3n) is 4.99. The van der Waals surface area contributed by atoms with Crippen molar-refractivity contribution in [1.82, 2.24) is 10.2 Å². The molecule has 0 aromatic rings.